The van der Waals surface area contributed by atoms with Crippen LogP contribution >= 0.6 is 0 Å². The molecule has 26 heavy (non-hydrogen) atoms. The maximum atomic E-state index is 13.8. The van der Waals surface area contributed by atoms with Gasteiger partial charge in [-0.25, -0.2) is 8.42 Å². The number of halogens is 9. The lowest BCUT2D eigenvalue weighted by atomic mass is 10.1. The van der Waals surface area contributed by atoms with Gasteiger partial charge in [0.25, 0.3) is 10.0 Å². The third-order valence-corrected chi connectivity index (χ3v) is 6.27. The van der Waals surface area contributed by atoms with E-state index < -0.39 is 46.4 Å². The molecule has 0 bridgehead atoms. The predicted molar refractivity (Wildman–Crippen MR) is 72.5 cm³/mol. The molecule has 0 N–H and O–H groups in total. The molecule has 0 radical (unpaired) electrons. The second-order valence-corrected chi connectivity index (χ2v) is 8.34. The monoisotopic (exact) mass is 425 g/mol. The zero-order valence-electron chi connectivity index (χ0n) is 13.8. The molecule has 1 aliphatic rings. The minimum atomic E-state index is -7.24. The van der Waals surface area contributed by atoms with Crippen molar-refractivity contribution < 1.29 is 52.4 Å². The van der Waals surface area contributed by atoms with Gasteiger partial charge in [0.2, 0.25) is 0 Å². The van der Waals surface area contributed by atoms with Crippen molar-refractivity contribution in [3.05, 3.63) is 0 Å². The van der Waals surface area contributed by atoms with Gasteiger partial charge in [-0.05, 0) is 6.42 Å². The quantitative estimate of drug-likeness (QED) is 0.485. The first-order valence-electron chi connectivity index (χ1n) is 7.41. The van der Waals surface area contributed by atoms with Crippen LogP contribution in [0.4, 0.5) is 39.5 Å². The topological polar surface area (TPSA) is 37.4 Å². The molecule has 0 aromatic carbocycles. The van der Waals surface area contributed by atoms with Crippen LogP contribution in [0.15, 0.2) is 0 Å². The summed E-state index contributed by atoms with van der Waals surface area (Å²) in [5.41, 5.74) is 0. The number of piperazine rings is 1. The fourth-order valence-electron chi connectivity index (χ4n) is 2.62. The highest BCUT2D eigenvalue weighted by Gasteiger charge is 2.85. The molecular formula is C12H18F9N2O2S+. The van der Waals surface area contributed by atoms with Gasteiger partial charge < -0.3 is 4.48 Å². The first-order valence-corrected chi connectivity index (χ1v) is 8.85. The number of quaternary nitrogens is 1. The van der Waals surface area contributed by atoms with Gasteiger partial charge in [-0.15, -0.1) is 0 Å². The van der Waals surface area contributed by atoms with E-state index in [-0.39, 0.29) is 21.9 Å². The Kier molecular flexibility index (Phi) is 5.99. The molecule has 14 heteroatoms. The fraction of sp³-hybridized carbons (Fsp3) is 1.00. The Morgan fingerprint density at radius 1 is 0.885 bits per heavy atom. The van der Waals surface area contributed by atoms with E-state index in [1.807, 2.05) is 0 Å². The van der Waals surface area contributed by atoms with Gasteiger partial charge >= 0.3 is 23.3 Å². The number of hydrogen-bond acceptors (Lipinski definition) is 2. The maximum Gasteiger partial charge on any atom is 0.460 e. The molecular weight excluding hydrogens is 407 g/mol. The fourth-order valence-corrected chi connectivity index (χ4v) is 4.04. The van der Waals surface area contributed by atoms with Gasteiger partial charge in [0.05, 0.1) is 39.8 Å². The van der Waals surface area contributed by atoms with Gasteiger partial charge in [-0.3, -0.25) is 0 Å². The molecule has 0 unspecified atom stereocenters. The minimum absolute atomic E-state index is 0.0790. The summed E-state index contributed by atoms with van der Waals surface area (Å²) in [7, 11) is -4.82. The molecule has 0 aromatic heterocycles. The normalized spacial score (nSPS) is 21.0. The molecule has 4 nitrogen and oxygen atoms in total. The Morgan fingerprint density at radius 3 is 1.65 bits per heavy atom. The van der Waals surface area contributed by atoms with Crippen molar-refractivity contribution >= 4 is 10.0 Å². The van der Waals surface area contributed by atoms with Crippen LogP contribution in [-0.2, 0) is 10.0 Å². The molecule has 1 heterocycles. The van der Waals surface area contributed by atoms with Gasteiger partial charge in [-0.1, -0.05) is 6.92 Å². The smallest absolute Gasteiger partial charge is 0.324 e. The van der Waals surface area contributed by atoms with Crippen LogP contribution in [0, 0.1) is 0 Å². The summed E-state index contributed by atoms with van der Waals surface area (Å²) in [5, 5.41) is -6.65. The van der Waals surface area contributed by atoms with E-state index in [0.29, 0.717) is 13.0 Å². The number of rotatable bonds is 6. The van der Waals surface area contributed by atoms with Gasteiger partial charge in [0.1, 0.15) is 0 Å². The first kappa shape index (κ1) is 23.3. The first-order chi connectivity index (χ1) is 11.4. The lowest BCUT2D eigenvalue weighted by molar-refractivity contribution is -0.912. The highest BCUT2D eigenvalue weighted by atomic mass is 32.2. The second kappa shape index (κ2) is 6.69. The number of alkyl halides is 9. The molecule has 1 fully saturated rings. The standard InChI is InChI=1S/C12H18F9N2O2S/c1-3-6-23(2)7-4-22(5-8-23)26(24,25)12(20,21)10(15,16)9(13,14)11(17,18)19/h3-8H2,1-2H3/q+1. The summed E-state index contributed by atoms with van der Waals surface area (Å²) < 4.78 is 140. The molecule has 1 aliphatic heterocycles. The molecule has 0 atom stereocenters. The third-order valence-electron chi connectivity index (χ3n) is 4.32. The number of sulfonamides is 1. The summed E-state index contributed by atoms with van der Waals surface area (Å²) in [5.74, 6) is -14.4. The Hall–Kier alpha value is -0.760. The van der Waals surface area contributed by atoms with E-state index >= 15 is 0 Å². The SMILES string of the molecule is CCC[N+]1(C)CCN(S(=O)(=O)C(F)(F)C(F)(F)C(F)(F)C(F)(F)F)CC1. The largest absolute Gasteiger partial charge is 0.460 e. The average Bonchev–Trinajstić information content (AvgIpc) is 2.45. The lowest BCUT2D eigenvalue weighted by Crippen LogP contribution is -2.67. The lowest BCUT2D eigenvalue weighted by Gasteiger charge is -2.43. The van der Waals surface area contributed by atoms with E-state index in [4.69, 9.17) is 0 Å². The maximum absolute atomic E-state index is 13.8. The molecule has 0 spiro atoms. The number of nitrogens with zero attached hydrogens (tertiary/aromatic N) is 2. The Labute approximate surface area is 144 Å². The third kappa shape index (κ3) is 3.51. The molecule has 1 saturated heterocycles. The summed E-state index contributed by atoms with van der Waals surface area (Å²) in [6.45, 7) is 0.742. The van der Waals surface area contributed by atoms with Crippen molar-refractivity contribution in [1.82, 2.24) is 4.31 Å². The van der Waals surface area contributed by atoms with Crippen molar-refractivity contribution in [3.8, 4) is 0 Å². The zero-order valence-corrected chi connectivity index (χ0v) is 14.6. The number of likely N-dealkylation sites (N-methyl/N-ethyl adjacent to an activating group) is 1. The summed E-state index contributed by atoms with van der Waals surface area (Å²) in [6.07, 6.45) is -6.41. The van der Waals surface area contributed by atoms with Gasteiger partial charge in [-0.2, -0.15) is 43.8 Å². The minimum Gasteiger partial charge on any atom is -0.324 e. The highest BCUT2D eigenvalue weighted by molar-refractivity contribution is 7.90. The zero-order chi connectivity index (χ0) is 20.8. The van der Waals surface area contributed by atoms with Crippen molar-refractivity contribution in [2.24, 2.45) is 0 Å². The van der Waals surface area contributed by atoms with E-state index in [0.717, 1.165) is 0 Å². The molecule has 1 rings (SSSR count). The van der Waals surface area contributed by atoms with Crippen LogP contribution in [0.3, 0.4) is 0 Å². The second-order valence-electron chi connectivity index (χ2n) is 6.36. The van der Waals surface area contributed by atoms with Crippen molar-refractivity contribution in [1.29, 1.82) is 0 Å². The van der Waals surface area contributed by atoms with Crippen molar-refractivity contribution in [2.75, 3.05) is 39.8 Å². The Bertz CT molecular complexity index is 611. The van der Waals surface area contributed by atoms with Crippen LogP contribution < -0.4 is 0 Å². The molecule has 156 valence electrons. The predicted octanol–water partition coefficient (Wildman–Crippen LogP) is 2.91. The van der Waals surface area contributed by atoms with E-state index in [1.165, 1.54) is 0 Å². The summed E-state index contributed by atoms with van der Waals surface area (Å²) in [4.78, 5) is 0. The van der Waals surface area contributed by atoms with E-state index in [9.17, 15) is 47.9 Å². The molecule has 0 saturated carbocycles. The Balaban J connectivity index is 3.19. The van der Waals surface area contributed by atoms with Gasteiger partial charge in [0, 0.05) is 0 Å². The summed E-state index contributed by atoms with van der Waals surface area (Å²) in [6, 6.07) is 0. The average molecular weight is 425 g/mol. The van der Waals surface area contributed by atoms with E-state index in [2.05, 4.69) is 0 Å². The van der Waals surface area contributed by atoms with Crippen molar-refractivity contribution in [2.45, 2.75) is 36.6 Å². The van der Waals surface area contributed by atoms with Crippen molar-refractivity contribution in [3.63, 3.8) is 0 Å². The summed E-state index contributed by atoms with van der Waals surface area (Å²) >= 11 is 0. The molecule has 0 aliphatic carbocycles. The molecule has 0 amide bonds. The van der Waals surface area contributed by atoms with Crippen LogP contribution in [0.25, 0.3) is 0 Å². The van der Waals surface area contributed by atoms with E-state index in [1.54, 1.807) is 14.0 Å². The van der Waals surface area contributed by atoms with Crippen LogP contribution in [0.1, 0.15) is 13.3 Å². The van der Waals surface area contributed by atoms with Crippen LogP contribution in [0.5, 0.6) is 0 Å². The molecule has 0 aromatic rings. The highest BCUT2D eigenvalue weighted by Crippen LogP contribution is 2.55. The van der Waals surface area contributed by atoms with Gasteiger partial charge in [0.15, 0.2) is 0 Å². The van der Waals surface area contributed by atoms with Crippen LogP contribution in [0.2, 0.25) is 0 Å². The Morgan fingerprint density at radius 2 is 1.31 bits per heavy atom. The number of hydrogen-bond donors (Lipinski definition) is 0. The van der Waals surface area contributed by atoms with Crippen LogP contribution in [-0.4, -0.2) is 80.3 Å².